The molecule has 0 aromatic carbocycles. The number of nitrogens with zero attached hydrogens (tertiary/aromatic N) is 2. The molecule has 0 aliphatic heterocycles. The lowest BCUT2D eigenvalue weighted by Gasteiger charge is -2.47. The molecule has 0 spiro atoms. The maximum Gasteiger partial charge on any atom is 0.355 e. The Morgan fingerprint density at radius 3 is 2.62 bits per heavy atom. The van der Waals surface area contributed by atoms with Gasteiger partial charge in [-0.15, -0.1) is 11.3 Å². The fourth-order valence-corrected chi connectivity index (χ4v) is 3.03. The molecule has 0 bridgehead atoms. The molecule has 8 heteroatoms. The second kappa shape index (κ2) is 6.40. The van der Waals surface area contributed by atoms with Crippen LogP contribution < -0.4 is 10.6 Å². The van der Waals surface area contributed by atoms with Crippen molar-refractivity contribution in [2.24, 2.45) is 0 Å². The number of nitrogens with one attached hydrogen (secondary N) is 2. The minimum atomic E-state index is -1.06. The van der Waals surface area contributed by atoms with E-state index in [9.17, 15) is 9.59 Å². The third-order valence-electron chi connectivity index (χ3n) is 3.98. The molecule has 1 fully saturated rings. The molecule has 1 saturated carbocycles. The fraction of sp³-hybridized carbons (Fsp3) is 0.615. The summed E-state index contributed by atoms with van der Waals surface area (Å²) in [5.41, 5.74) is 0.0906. The Kier molecular flexibility index (Phi) is 4.79. The Labute approximate surface area is 127 Å². The summed E-state index contributed by atoms with van der Waals surface area (Å²) < 4.78 is 0. The topological polar surface area (TPSA) is 94.6 Å². The molecule has 1 aromatic heterocycles. The van der Waals surface area contributed by atoms with Gasteiger partial charge in [0.05, 0.1) is 6.54 Å². The second-order valence-electron chi connectivity index (χ2n) is 5.44. The quantitative estimate of drug-likeness (QED) is 0.732. The van der Waals surface area contributed by atoms with Crippen LogP contribution in [0.4, 0.5) is 4.79 Å². The maximum atomic E-state index is 11.8. The fourth-order valence-electron chi connectivity index (χ4n) is 2.32. The highest BCUT2D eigenvalue weighted by atomic mass is 32.1. The standard InChI is InChI=1S/C13H20N4O3S/c1-17(2)13(4-3-5-13)8-15-12(20)14-6-10-16-9(7-21-10)11(18)19/h7H,3-6,8H2,1-2H3,(H,18,19)(H2,14,15,20). The molecule has 0 unspecified atom stereocenters. The summed E-state index contributed by atoms with van der Waals surface area (Å²) in [5.74, 6) is -1.06. The second-order valence-corrected chi connectivity index (χ2v) is 6.38. The molecule has 1 aliphatic rings. The molecule has 0 atom stereocenters. The Bertz CT molecular complexity index is 525. The monoisotopic (exact) mass is 312 g/mol. The lowest BCUT2D eigenvalue weighted by atomic mass is 9.75. The minimum absolute atomic E-state index is 0.0123. The van der Waals surface area contributed by atoms with E-state index in [1.54, 1.807) is 0 Å². The number of thiazole rings is 1. The molecule has 2 amide bonds. The highest BCUT2D eigenvalue weighted by molar-refractivity contribution is 7.09. The van der Waals surface area contributed by atoms with Gasteiger partial charge < -0.3 is 20.6 Å². The molecule has 21 heavy (non-hydrogen) atoms. The first-order chi connectivity index (χ1) is 9.93. The van der Waals surface area contributed by atoms with Crippen LogP contribution in [0.1, 0.15) is 34.8 Å². The summed E-state index contributed by atoms with van der Waals surface area (Å²) in [6.45, 7) is 0.850. The molecule has 0 radical (unpaired) electrons. The van der Waals surface area contributed by atoms with Crippen molar-refractivity contribution >= 4 is 23.3 Å². The summed E-state index contributed by atoms with van der Waals surface area (Å²) in [4.78, 5) is 28.6. The summed E-state index contributed by atoms with van der Waals surface area (Å²) in [6.07, 6.45) is 3.38. The van der Waals surface area contributed by atoms with Gasteiger partial charge in [-0.3, -0.25) is 0 Å². The summed E-state index contributed by atoms with van der Waals surface area (Å²) in [5, 5.41) is 16.4. The van der Waals surface area contributed by atoms with Crippen molar-refractivity contribution in [2.75, 3.05) is 20.6 Å². The lowest BCUT2D eigenvalue weighted by Crippen LogP contribution is -2.58. The van der Waals surface area contributed by atoms with E-state index in [1.165, 1.54) is 23.1 Å². The molecule has 0 saturated heterocycles. The van der Waals surface area contributed by atoms with Gasteiger partial charge >= 0.3 is 12.0 Å². The van der Waals surface area contributed by atoms with Gasteiger partial charge in [0.25, 0.3) is 0 Å². The smallest absolute Gasteiger partial charge is 0.355 e. The first kappa shape index (κ1) is 15.7. The zero-order valence-corrected chi connectivity index (χ0v) is 13.0. The number of carbonyl (C=O) groups is 2. The summed E-state index contributed by atoms with van der Waals surface area (Å²) >= 11 is 1.22. The van der Waals surface area contributed by atoms with Crippen molar-refractivity contribution in [3.05, 3.63) is 16.1 Å². The number of rotatable bonds is 6. The number of aromatic nitrogens is 1. The van der Waals surface area contributed by atoms with Crippen LogP contribution in [0.5, 0.6) is 0 Å². The van der Waals surface area contributed by atoms with E-state index in [0.717, 1.165) is 12.8 Å². The van der Waals surface area contributed by atoms with E-state index in [-0.39, 0.29) is 23.8 Å². The van der Waals surface area contributed by atoms with Crippen molar-refractivity contribution in [1.82, 2.24) is 20.5 Å². The Balaban J connectivity index is 1.75. The van der Waals surface area contributed by atoms with E-state index < -0.39 is 5.97 Å². The zero-order chi connectivity index (χ0) is 15.5. The first-order valence-corrected chi connectivity index (χ1v) is 7.68. The van der Waals surface area contributed by atoms with Gasteiger partial charge in [-0.1, -0.05) is 0 Å². The third kappa shape index (κ3) is 3.70. The number of aromatic carboxylic acids is 1. The largest absolute Gasteiger partial charge is 0.476 e. The van der Waals surface area contributed by atoms with Crippen molar-refractivity contribution in [1.29, 1.82) is 0 Å². The number of urea groups is 1. The van der Waals surface area contributed by atoms with Gasteiger partial charge in [-0.2, -0.15) is 0 Å². The molecule has 116 valence electrons. The lowest BCUT2D eigenvalue weighted by molar-refractivity contribution is 0.0625. The SMILES string of the molecule is CN(C)C1(CNC(=O)NCc2nc(C(=O)O)cs2)CCC1. The first-order valence-electron chi connectivity index (χ1n) is 6.80. The van der Waals surface area contributed by atoms with E-state index in [0.29, 0.717) is 11.6 Å². The Hall–Kier alpha value is -1.67. The highest BCUT2D eigenvalue weighted by Gasteiger charge is 2.39. The van der Waals surface area contributed by atoms with Crippen LogP contribution in [-0.4, -0.2) is 53.2 Å². The van der Waals surface area contributed by atoms with Crippen molar-refractivity contribution < 1.29 is 14.7 Å². The summed E-state index contributed by atoms with van der Waals surface area (Å²) in [7, 11) is 4.06. The van der Waals surface area contributed by atoms with Gasteiger partial charge in [-0.05, 0) is 33.4 Å². The van der Waals surface area contributed by atoms with Crippen molar-refractivity contribution in [3.63, 3.8) is 0 Å². The van der Waals surface area contributed by atoms with Gasteiger partial charge in [0.2, 0.25) is 0 Å². The van der Waals surface area contributed by atoms with Gasteiger partial charge in [-0.25, -0.2) is 14.6 Å². The van der Waals surface area contributed by atoms with Crippen LogP contribution in [-0.2, 0) is 6.54 Å². The van der Waals surface area contributed by atoms with Crippen LogP contribution in [0.15, 0.2) is 5.38 Å². The Morgan fingerprint density at radius 1 is 1.43 bits per heavy atom. The van der Waals surface area contributed by atoms with Crippen molar-refractivity contribution in [2.45, 2.75) is 31.3 Å². The number of likely N-dealkylation sites (N-methyl/N-ethyl adjacent to an activating group) is 1. The number of hydrogen-bond donors (Lipinski definition) is 3. The molecule has 1 aromatic rings. The number of carboxylic acid groups (broad SMARTS) is 1. The summed E-state index contributed by atoms with van der Waals surface area (Å²) in [6, 6.07) is -0.254. The van der Waals surface area contributed by atoms with Crippen LogP contribution >= 0.6 is 11.3 Å². The number of carboxylic acids is 1. The predicted octanol–water partition coefficient (Wildman–Crippen LogP) is 1.12. The van der Waals surface area contributed by atoms with Crippen LogP contribution in [0.25, 0.3) is 0 Å². The maximum absolute atomic E-state index is 11.8. The molecule has 2 rings (SSSR count). The molecule has 1 heterocycles. The molecule has 3 N–H and O–H groups in total. The number of hydrogen-bond acceptors (Lipinski definition) is 5. The van der Waals surface area contributed by atoms with Crippen LogP contribution in [0, 0.1) is 0 Å². The Morgan fingerprint density at radius 2 is 2.14 bits per heavy atom. The number of carbonyl (C=O) groups excluding carboxylic acids is 1. The average Bonchev–Trinajstić information content (AvgIpc) is 2.83. The van der Waals surface area contributed by atoms with Gasteiger partial charge in [0.15, 0.2) is 5.69 Å². The van der Waals surface area contributed by atoms with Crippen LogP contribution in [0.2, 0.25) is 0 Å². The van der Waals surface area contributed by atoms with E-state index >= 15 is 0 Å². The van der Waals surface area contributed by atoms with Crippen molar-refractivity contribution in [3.8, 4) is 0 Å². The van der Waals surface area contributed by atoms with E-state index in [1.807, 2.05) is 14.1 Å². The van der Waals surface area contributed by atoms with E-state index in [2.05, 4.69) is 20.5 Å². The molecule has 7 nitrogen and oxygen atoms in total. The van der Waals surface area contributed by atoms with E-state index in [4.69, 9.17) is 5.11 Å². The molecule has 1 aliphatic carbocycles. The van der Waals surface area contributed by atoms with Crippen LogP contribution in [0.3, 0.4) is 0 Å². The molecular weight excluding hydrogens is 292 g/mol. The molecular formula is C13H20N4O3S. The van der Waals surface area contributed by atoms with Gasteiger partial charge in [0, 0.05) is 17.5 Å². The number of amides is 2. The average molecular weight is 312 g/mol. The predicted molar refractivity (Wildman–Crippen MR) is 79.6 cm³/mol. The minimum Gasteiger partial charge on any atom is -0.476 e. The normalized spacial score (nSPS) is 16.3. The third-order valence-corrected chi connectivity index (χ3v) is 4.83. The highest BCUT2D eigenvalue weighted by Crippen LogP contribution is 2.35. The zero-order valence-electron chi connectivity index (χ0n) is 12.2. The van der Waals surface area contributed by atoms with Gasteiger partial charge in [0.1, 0.15) is 5.01 Å².